The summed E-state index contributed by atoms with van der Waals surface area (Å²) in [5.74, 6) is 0. The average molecular weight is 351 g/mol. The lowest BCUT2D eigenvalue weighted by Gasteiger charge is -2.16. The first kappa shape index (κ1) is 18.6. The Labute approximate surface area is 156 Å². The van der Waals surface area contributed by atoms with Crippen LogP contribution in [0.4, 0.5) is 0 Å². The molecule has 4 heteroatoms. The van der Waals surface area contributed by atoms with Gasteiger partial charge in [0.2, 0.25) is 0 Å². The van der Waals surface area contributed by atoms with Crippen molar-refractivity contribution in [2.45, 2.75) is 60.9 Å². The van der Waals surface area contributed by atoms with E-state index in [1.165, 1.54) is 22.3 Å². The SMILES string of the molecule is CCCNC(C)c1cc(C)nc2c(-c3c(C)cc(C)cc3C)c(C)nn12. The zero-order valence-electron chi connectivity index (χ0n) is 17.1. The van der Waals surface area contributed by atoms with Crippen molar-refractivity contribution in [2.75, 3.05) is 6.54 Å². The van der Waals surface area contributed by atoms with Gasteiger partial charge in [0.1, 0.15) is 0 Å². The number of rotatable bonds is 5. The van der Waals surface area contributed by atoms with E-state index in [4.69, 9.17) is 10.1 Å². The van der Waals surface area contributed by atoms with Gasteiger partial charge in [0.15, 0.2) is 5.65 Å². The lowest BCUT2D eigenvalue weighted by atomic mass is 9.94. The highest BCUT2D eigenvalue weighted by Gasteiger charge is 2.20. The van der Waals surface area contributed by atoms with E-state index in [9.17, 15) is 0 Å². The van der Waals surface area contributed by atoms with Crippen molar-refractivity contribution in [2.24, 2.45) is 0 Å². The maximum absolute atomic E-state index is 4.88. The quantitative estimate of drug-likeness (QED) is 0.704. The molecule has 0 aliphatic heterocycles. The molecule has 3 rings (SSSR count). The molecular formula is C22H30N4. The molecule has 0 bridgehead atoms. The van der Waals surface area contributed by atoms with Crippen LogP contribution >= 0.6 is 0 Å². The second-order valence-electron chi connectivity index (χ2n) is 7.47. The first-order valence-electron chi connectivity index (χ1n) is 9.52. The number of fused-ring (bicyclic) bond motifs is 1. The largest absolute Gasteiger partial charge is 0.309 e. The smallest absolute Gasteiger partial charge is 0.163 e. The first-order valence-corrected chi connectivity index (χ1v) is 9.52. The van der Waals surface area contributed by atoms with Crippen molar-refractivity contribution in [3.05, 3.63) is 52.0 Å². The minimum absolute atomic E-state index is 0.228. The number of aryl methyl sites for hydroxylation is 5. The number of hydrogen-bond acceptors (Lipinski definition) is 3. The molecule has 2 aromatic heterocycles. The molecule has 3 aromatic rings. The summed E-state index contributed by atoms with van der Waals surface area (Å²) in [6, 6.07) is 6.86. The van der Waals surface area contributed by atoms with Crippen LogP contribution in [-0.4, -0.2) is 21.1 Å². The minimum atomic E-state index is 0.228. The molecule has 1 unspecified atom stereocenters. The van der Waals surface area contributed by atoms with E-state index >= 15 is 0 Å². The number of nitrogens with one attached hydrogen (secondary N) is 1. The summed E-state index contributed by atoms with van der Waals surface area (Å²) < 4.78 is 2.03. The van der Waals surface area contributed by atoms with Crippen LogP contribution in [0.15, 0.2) is 18.2 Å². The van der Waals surface area contributed by atoms with Gasteiger partial charge in [-0.2, -0.15) is 5.10 Å². The van der Waals surface area contributed by atoms with Gasteiger partial charge < -0.3 is 5.32 Å². The summed E-state index contributed by atoms with van der Waals surface area (Å²) in [5.41, 5.74) is 10.5. The summed E-state index contributed by atoms with van der Waals surface area (Å²) in [6.45, 7) is 16.0. The van der Waals surface area contributed by atoms with Gasteiger partial charge in [-0.15, -0.1) is 0 Å². The van der Waals surface area contributed by atoms with Crippen LogP contribution in [0.5, 0.6) is 0 Å². The summed E-state index contributed by atoms with van der Waals surface area (Å²) in [5, 5.41) is 8.46. The van der Waals surface area contributed by atoms with Crippen molar-refractivity contribution >= 4 is 5.65 Å². The van der Waals surface area contributed by atoms with Crippen molar-refractivity contribution in [3.63, 3.8) is 0 Å². The topological polar surface area (TPSA) is 42.2 Å². The third kappa shape index (κ3) is 3.26. The summed E-state index contributed by atoms with van der Waals surface area (Å²) in [7, 11) is 0. The van der Waals surface area contributed by atoms with E-state index in [0.29, 0.717) is 0 Å². The van der Waals surface area contributed by atoms with Crippen LogP contribution in [0.1, 0.15) is 60.1 Å². The van der Waals surface area contributed by atoms with Gasteiger partial charge in [-0.25, -0.2) is 9.50 Å². The molecule has 0 saturated carbocycles. The molecule has 0 saturated heterocycles. The standard InChI is InChI=1S/C22H30N4/c1-8-9-23-17(6)19-12-16(5)24-22-21(18(7)25-26(19)22)20-14(3)10-13(2)11-15(20)4/h10-12,17,23H,8-9H2,1-7H3. The molecule has 26 heavy (non-hydrogen) atoms. The Morgan fingerprint density at radius 2 is 1.65 bits per heavy atom. The van der Waals surface area contributed by atoms with Gasteiger partial charge in [-0.1, -0.05) is 24.6 Å². The maximum Gasteiger partial charge on any atom is 0.163 e. The molecule has 0 aliphatic carbocycles. The Morgan fingerprint density at radius 1 is 1.00 bits per heavy atom. The van der Waals surface area contributed by atoms with Crippen LogP contribution in [0, 0.1) is 34.6 Å². The normalized spacial score (nSPS) is 12.7. The van der Waals surface area contributed by atoms with E-state index in [2.05, 4.69) is 72.0 Å². The Bertz CT molecular complexity index is 929. The van der Waals surface area contributed by atoms with Gasteiger partial charge in [-0.05, 0) is 77.3 Å². The molecule has 1 N–H and O–H groups in total. The number of nitrogens with zero attached hydrogens (tertiary/aromatic N) is 3. The van der Waals surface area contributed by atoms with Crippen molar-refractivity contribution in [1.29, 1.82) is 0 Å². The van der Waals surface area contributed by atoms with Gasteiger partial charge >= 0.3 is 0 Å². The molecule has 1 aromatic carbocycles. The molecule has 0 spiro atoms. The fraction of sp³-hybridized carbons (Fsp3) is 0.455. The van der Waals surface area contributed by atoms with Crippen molar-refractivity contribution in [3.8, 4) is 11.1 Å². The highest BCUT2D eigenvalue weighted by molar-refractivity contribution is 5.84. The highest BCUT2D eigenvalue weighted by atomic mass is 15.3. The predicted molar refractivity (Wildman–Crippen MR) is 109 cm³/mol. The third-order valence-electron chi connectivity index (χ3n) is 4.99. The number of benzene rings is 1. The van der Waals surface area contributed by atoms with Crippen LogP contribution in [0.25, 0.3) is 16.8 Å². The molecule has 0 radical (unpaired) electrons. The third-order valence-corrected chi connectivity index (χ3v) is 4.99. The fourth-order valence-corrected chi connectivity index (χ4v) is 3.91. The predicted octanol–water partition coefficient (Wildman–Crippen LogP) is 5.00. The minimum Gasteiger partial charge on any atom is -0.309 e. The lowest BCUT2D eigenvalue weighted by molar-refractivity contribution is 0.543. The molecule has 4 nitrogen and oxygen atoms in total. The van der Waals surface area contributed by atoms with Gasteiger partial charge in [0.05, 0.1) is 17.0 Å². The van der Waals surface area contributed by atoms with E-state index < -0.39 is 0 Å². The lowest BCUT2D eigenvalue weighted by Crippen LogP contribution is -2.22. The van der Waals surface area contributed by atoms with Crippen molar-refractivity contribution in [1.82, 2.24) is 19.9 Å². The van der Waals surface area contributed by atoms with E-state index in [1.807, 2.05) is 4.52 Å². The second-order valence-corrected chi connectivity index (χ2v) is 7.47. The molecule has 138 valence electrons. The average Bonchev–Trinajstić information content (AvgIpc) is 2.87. The van der Waals surface area contributed by atoms with E-state index in [1.54, 1.807) is 0 Å². The molecule has 0 amide bonds. The Hall–Kier alpha value is -2.20. The zero-order chi connectivity index (χ0) is 19.0. The Kier molecular flexibility index (Phi) is 5.15. The van der Waals surface area contributed by atoms with Crippen LogP contribution in [-0.2, 0) is 0 Å². The van der Waals surface area contributed by atoms with E-state index in [-0.39, 0.29) is 6.04 Å². The molecule has 2 heterocycles. The molecule has 0 fully saturated rings. The molecule has 1 atom stereocenters. The molecular weight excluding hydrogens is 320 g/mol. The fourth-order valence-electron chi connectivity index (χ4n) is 3.91. The van der Waals surface area contributed by atoms with Gasteiger partial charge in [0, 0.05) is 11.7 Å². The maximum atomic E-state index is 4.88. The first-order chi connectivity index (χ1) is 12.3. The van der Waals surface area contributed by atoms with Crippen LogP contribution in [0.3, 0.4) is 0 Å². The molecule has 0 aliphatic rings. The summed E-state index contributed by atoms with van der Waals surface area (Å²) in [4.78, 5) is 4.87. The van der Waals surface area contributed by atoms with Crippen molar-refractivity contribution < 1.29 is 0 Å². The second kappa shape index (κ2) is 7.20. The summed E-state index contributed by atoms with van der Waals surface area (Å²) >= 11 is 0. The Balaban J connectivity index is 2.26. The number of aromatic nitrogens is 3. The highest BCUT2D eigenvalue weighted by Crippen LogP contribution is 2.34. The van der Waals surface area contributed by atoms with Crippen LogP contribution in [0.2, 0.25) is 0 Å². The van der Waals surface area contributed by atoms with Crippen LogP contribution < -0.4 is 5.32 Å². The summed E-state index contributed by atoms with van der Waals surface area (Å²) in [6.07, 6.45) is 1.11. The van der Waals surface area contributed by atoms with Gasteiger partial charge in [-0.3, -0.25) is 0 Å². The number of hydrogen-bond donors (Lipinski definition) is 1. The monoisotopic (exact) mass is 350 g/mol. The Morgan fingerprint density at radius 3 is 2.27 bits per heavy atom. The van der Waals surface area contributed by atoms with E-state index in [0.717, 1.165) is 41.3 Å². The zero-order valence-corrected chi connectivity index (χ0v) is 17.1. The van der Waals surface area contributed by atoms with Gasteiger partial charge in [0.25, 0.3) is 0 Å².